The largest absolute Gasteiger partial charge is 0.464 e. The lowest BCUT2D eigenvalue weighted by atomic mass is 10.0. The summed E-state index contributed by atoms with van der Waals surface area (Å²) in [6.07, 6.45) is 0.624. The Morgan fingerprint density at radius 1 is 1.22 bits per heavy atom. The fourth-order valence-electron chi connectivity index (χ4n) is 2.94. The SMILES string of the molecule is COCCCN(CC(=O)c1c(C)[nH]c(C(=O)OC)c1C)C(=O)c1cccs1. The van der Waals surface area contributed by atoms with E-state index in [1.165, 1.54) is 23.3 Å². The quantitative estimate of drug-likeness (QED) is 0.403. The molecule has 0 saturated carbocycles. The van der Waals surface area contributed by atoms with Crippen molar-refractivity contribution in [2.24, 2.45) is 0 Å². The molecule has 27 heavy (non-hydrogen) atoms. The smallest absolute Gasteiger partial charge is 0.354 e. The number of rotatable bonds is 9. The van der Waals surface area contributed by atoms with Gasteiger partial charge in [-0.1, -0.05) is 6.07 Å². The lowest BCUT2D eigenvalue weighted by Gasteiger charge is -2.21. The Labute approximate surface area is 162 Å². The van der Waals surface area contributed by atoms with Crippen molar-refractivity contribution in [3.63, 3.8) is 0 Å². The molecule has 2 aromatic heterocycles. The van der Waals surface area contributed by atoms with Crippen LogP contribution in [0.3, 0.4) is 0 Å². The second-order valence-corrected chi connectivity index (χ2v) is 7.04. The summed E-state index contributed by atoms with van der Waals surface area (Å²) in [4.78, 5) is 42.5. The minimum atomic E-state index is -0.527. The predicted octanol–water partition coefficient (Wildman–Crippen LogP) is 2.84. The van der Waals surface area contributed by atoms with Crippen LogP contribution >= 0.6 is 11.3 Å². The third-order valence-electron chi connectivity index (χ3n) is 4.24. The Balaban J connectivity index is 2.24. The average Bonchev–Trinajstić information content (AvgIpc) is 3.28. The van der Waals surface area contributed by atoms with Crippen LogP contribution in [0.1, 0.15) is 48.2 Å². The fraction of sp³-hybridized carbons (Fsp3) is 0.421. The minimum absolute atomic E-state index is 0.0689. The third-order valence-corrected chi connectivity index (χ3v) is 5.09. The van der Waals surface area contributed by atoms with Gasteiger partial charge in [-0.3, -0.25) is 9.59 Å². The molecule has 0 aromatic carbocycles. The molecule has 146 valence electrons. The van der Waals surface area contributed by atoms with E-state index in [0.717, 1.165) is 0 Å². The number of hydrogen-bond donors (Lipinski definition) is 1. The van der Waals surface area contributed by atoms with Crippen molar-refractivity contribution in [1.82, 2.24) is 9.88 Å². The first kappa shape index (κ1) is 20.9. The molecule has 0 radical (unpaired) electrons. The van der Waals surface area contributed by atoms with Gasteiger partial charge in [0.1, 0.15) is 5.69 Å². The van der Waals surface area contributed by atoms with Crippen molar-refractivity contribution in [2.45, 2.75) is 20.3 Å². The number of H-pyrrole nitrogens is 1. The van der Waals surface area contributed by atoms with Crippen LogP contribution in [0.2, 0.25) is 0 Å². The molecule has 0 aliphatic carbocycles. The second-order valence-electron chi connectivity index (χ2n) is 6.09. The maximum absolute atomic E-state index is 12.9. The number of esters is 1. The molecule has 0 atom stereocenters. The van der Waals surface area contributed by atoms with Crippen LogP contribution in [-0.4, -0.2) is 61.5 Å². The van der Waals surface area contributed by atoms with Crippen LogP contribution < -0.4 is 0 Å². The molecule has 0 fully saturated rings. The maximum atomic E-state index is 12.9. The molecule has 2 rings (SSSR count). The summed E-state index contributed by atoms with van der Waals surface area (Å²) in [5.74, 6) is -0.937. The summed E-state index contributed by atoms with van der Waals surface area (Å²) in [5, 5.41) is 1.82. The van der Waals surface area contributed by atoms with Gasteiger partial charge in [-0.15, -0.1) is 11.3 Å². The Morgan fingerprint density at radius 2 is 1.96 bits per heavy atom. The summed E-state index contributed by atoms with van der Waals surface area (Å²) < 4.78 is 9.80. The molecule has 0 saturated heterocycles. The van der Waals surface area contributed by atoms with Crippen LogP contribution in [-0.2, 0) is 9.47 Å². The van der Waals surface area contributed by atoms with Crippen molar-refractivity contribution in [3.05, 3.63) is 44.9 Å². The van der Waals surface area contributed by atoms with E-state index in [9.17, 15) is 14.4 Å². The number of carbonyl (C=O) groups is 3. The van der Waals surface area contributed by atoms with E-state index in [0.29, 0.717) is 41.3 Å². The number of thiophene rings is 1. The number of aromatic amines is 1. The fourth-order valence-corrected chi connectivity index (χ4v) is 3.63. The van der Waals surface area contributed by atoms with E-state index in [1.54, 1.807) is 33.1 Å². The number of Topliss-reactive ketones (excluding diaryl/α,β-unsaturated/α-hetero) is 1. The molecule has 2 heterocycles. The third kappa shape index (κ3) is 4.84. The number of ketones is 1. The molecule has 2 aromatic rings. The van der Waals surface area contributed by atoms with Crippen molar-refractivity contribution in [2.75, 3.05) is 33.9 Å². The zero-order valence-electron chi connectivity index (χ0n) is 16.0. The van der Waals surface area contributed by atoms with Gasteiger partial charge in [0.25, 0.3) is 5.91 Å². The van der Waals surface area contributed by atoms with E-state index in [2.05, 4.69) is 4.98 Å². The normalized spacial score (nSPS) is 10.7. The highest BCUT2D eigenvalue weighted by molar-refractivity contribution is 7.12. The Bertz CT molecular complexity index is 810. The van der Waals surface area contributed by atoms with Crippen LogP contribution in [0.15, 0.2) is 17.5 Å². The van der Waals surface area contributed by atoms with Gasteiger partial charge in [-0.25, -0.2) is 4.79 Å². The van der Waals surface area contributed by atoms with E-state index >= 15 is 0 Å². The van der Waals surface area contributed by atoms with Gasteiger partial charge in [-0.2, -0.15) is 0 Å². The van der Waals surface area contributed by atoms with Crippen molar-refractivity contribution in [3.8, 4) is 0 Å². The van der Waals surface area contributed by atoms with Crippen LogP contribution in [0.4, 0.5) is 0 Å². The second kappa shape index (κ2) is 9.48. The Morgan fingerprint density at radius 3 is 2.56 bits per heavy atom. The number of nitrogens with one attached hydrogen (secondary N) is 1. The van der Waals surface area contributed by atoms with E-state index < -0.39 is 5.97 Å². The van der Waals surface area contributed by atoms with Crippen LogP contribution in [0.5, 0.6) is 0 Å². The van der Waals surface area contributed by atoms with E-state index in [4.69, 9.17) is 9.47 Å². The van der Waals surface area contributed by atoms with Crippen LogP contribution in [0.25, 0.3) is 0 Å². The highest BCUT2D eigenvalue weighted by atomic mass is 32.1. The number of aromatic nitrogens is 1. The lowest BCUT2D eigenvalue weighted by Crippen LogP contribution is -2.36. The molecule has 0 bridgehead atoms. The zero-order valence-corrected chi connectivity index (χ0v) is 16.8. The molecule has 8 heteroatoms. The van der Waals surface area contributed by atoms with Crippen molar-refractivity contribution >= 4 is 29.0 Å². The lowest BCUT2D eigenvalue weighted by molar-refractivity contribution is 0.0593. The van der Waals surface area contributed by atoms with Gasteiger partial charge in [0.2, 0.25) is 0 Å². The molecule has 0 aliphatic rings. The monoisotopic (exact) mass is 392 g/mol. The summed E-state index contributed by atoms with van der Waals surface area (Å²) in [6.45, 7) is 4.25. The van der Waals surface area contributed by atoms with Gasteiger partial charge >= 0.3 is 5.97 Å². The van der Waals surface area contributed by atoms with Gasteiger partial charge in [0.05, 0.1) is 18.5 Å². The summed E-state index contributed by atoms with van der Waals surface area (Å²) >= 11 is 1.34. The number of carbonyl (C=O) groups excluding carboxylic acids is 3. The van der Waals surface area contributed by atoms with E-state index in [-0.39, 0.29) is 23.9 Å². The summed E-state index contributed by atoms with van der Waals surface area (Å²) in [6, 6.07) is 3.54. The van der Waals surface area contributed by atoms with Gasteiger partial charge in [0.15, 0.2) is 5.78 Å². The number of amides is 1. The summed E-state index contributed by atoms with van der Waals surface area (Å²) in [7, 11) is 2.88. The zero-order chi connectivity index (χ0) is 20.0. The van der Waals surface area contributed by atoms with Gasteiger partial charge < -0.3 is 19.4 Å². The predicted molar refractivity (Wildman–Crippen MR) is 103 cm³/mol. The van der Waals surface area contributed by atoms with Gasteiger partial charge in [0, 0.05) is 31.5 Å². The molecule has 0 spiro atoms. The first-order valence-corrected chi connectivity index (χ1v) is 9.41. The Kier molecular flexibility index (Phi) is 7.32. The number of nitrogens with zero attached hydrogens (tertiary/aromatic N) is 1. The maximum Gasteiger partial charge on any atom is 0.354 e. The standard InChI is InChI=1S/C19H24N2O5S/c1-12-16(13(2)20-17(12)19(24)26-4)14(22)11-21(8-6-9-25-3)18(23)15-7-5-10-27-15/h5,7,10,20H,6,8-9,11H2,1-4H3. The Hall–Kier alpha value is -2.45. The molecular weight excluding hydrogens is 368 g/mol. The molecular formula is C19H24N2O5S. The van der Waals surface area contributed by atoms with Crippen LogP contribution in [0, 0.1) is 13.8 Å². The first-order valence-electron chi connectivity index (χ1n) is 8.53. The summed E-state index contributed by atoms with van der Waals surface area (Å²) in [5.41, 5.74) is 1.79. The van der Waals surface area contributed by atoms with Gasteiger partial charge in [-0.05, 0) is 37.3 Å². The number of ether oxygens (including phenoxy) is 2. The highest BCUT2D eigenvalue weighted by Crippen LogP contribution is 2.20. The molecule has 1 amide bonds. The van der Waals surface area contributed by atoms with Crippen molar-refractivity contribution < 1.29 is 23.9 Å². The molecule has 7 nitrogen and oxygen atoms in total. The number of aryl methyl sites for hydroxylation is 1. The first-order chi connectivity index (χ1) is 12.9. The van der Waals surface area contributed by atoms with E-state index in [1.807, 2.05) is 5.38 Å². The van der Waals surface area contributed by atoms with Crippen molar-refractivity contribution in [1.29, 1.82) is 0 Å². The number of methoxy groups -OCH3 is 2. The average molecular weight is 392 g/mol. The molecule has 0 unspecified atom stereocenters. The molecule has 0 aliphatic heterocycles. The number of hydrogen-bond acceptors (Lipinski definition) is 6. The molecule has 1 N–H and O–H groups in total. The topological polar surface area (TPSA) is 88.7 Å². The minimum Gasteiger partial charge on any atom is -0.464 e. The highest BCUT2D eigenvalue weighted by Gasteiger charge is 2.26.